The summed E-state index contributed by atoms with van der Waals surface area (Å²) in [4.78, 5) is 16.7. The lowest BCUT2D eigenvalue weighted by Gasteiger charge is -2.34. The average Bonchev–Trinajstić information content (AvgIpc) is 2.51. The molecule has 118 valence electrons. The van der Waals surface area contributed by atoms with Crippen LogP contribution in [-0.2, 0) is 4.79 Å². The van der Waals surface area contributed by atoms with Gasteiger partial charge in [0.2, 0.25) is 5.91 Å². The zero-order valence-corrected chi connectivity index (χ0v) is 14.0. The van der Waals surface area contributed by atoms with Crippen molar-refractivity contribution in [2.75, 3.05) is 33.2 Å². The number of rotatable bonds is 3. The number of hydrogen-bond acceptors (Lipinski definition) is 2. The number of likely N-dealkylation sites (tertiary alicyclic amines) is 2. The van der Waals surface area contributed by atoms with Gasteiger partial charge in [-0.25, -0.2) is 0 Å². The summed E-state index contributed by atoms with van der Waals surface area (Å²) < 4.78 is 0. The summed E-state index contributed by atoms with van der Waals surface area (Å²) in [5.41, 5.74) is 0. The number of nitrogens with zero attached hydrogens (tertiary/aromatic N) is 2. The van der Waals surface area contributed by atoms with Crippen molar-refractivity contribution in [2.45, 2.75) is 59.3 Å². The smallest absolute Gasteiger partial charge is 0.222 e. The van der Waals surface area contributed by atoms with Crippen LogP contribution in [0.4, 0.5) is 0 Å². The predicted molar refractivity (Wildman–Crippen MR) is 85.8 cm³/mol. The molecule has 2 aliphatic heterocycles. The first-order chi connectivity index (χ1) is 9.69. The Hall–Kier alpha value is -0.570. The molecule has 2 saturated heterocycles. The fourth-order valence-electron chi connectivity index (χ4n) is 3.23. The third-order valence-corrected chi connectivity index (χ3v) is 4.85. The minimum absolute atomic E-state index is 0.416. The first-order valence-corrected chi connectivity index (χ1v) is 8.65. The van der Waals surface area contributed by atoms with E-state index in [0.29, 0.717) is 11.8 Å². The lowest BCUT2D eigenvalue weighted by Crippen LogP contribution is -2.40. The molecule has 2 heterocycles. The van der Waals surface area contributed by atoms with E-state index in [9.17, 15) is 4.79 Å². The van der Waals surface area contributed by atoms with Gasteiger partial charge in [0.1, 0.15) is 0 Å². The summed E-state index contributed by atoms with van der Waals surface area (Å²) in [5.74, 6) is 1.91. The highest BCUT2D eigenvalue weighted by atomic mass is 16.2. The third-order valence-electron chi connectivity index (χ3n) is 4.85. The normalized spacial score (nSPS) is 22.3. The van der Waals surface area contributed by atoms with Crippen LogP contribution >= 0.6 is 0 Å². The molecule has 0 aromatic carbocycles. The van der Waals surface area contributed by atoms with Crippen molar-refractivity contribution in [1.82, 2.24) is 9.80 Å². The summed E-state index contributed by atoms with van der Waals surface area (Å²) in [6.45, 7) is 10.6. The van der Waals surface area contributed by atoms with Crippen LogP contribution < -0.4 is 0 Å². The summed E-state index contributed by atoms with van der Waals surface area (Å²) in [5, 5.41) is 0. The quantitative estimate of drug-likeness (QED) is 0.792. The predicted octanol–water partition coefficient (Wildman–Crippen LogP) is 3.39. The van der Waals surface area contributed by atoms with E-state index in [1.54, 1.807) is 0 Å². The number of hydrogen-bond donors (Lipinski definition) is 0. The van der Waals surface area contributed by atoms with Gasteiger partial charge in [0, 0.05) is 19.5 Å². The lowest BCUT2D eigenvalue weighted by molar-refractivity contribution is -0.134. The molecule has 1 amide bonds. The van der Waals surface area contributed by atoms with Crippen LogP contribution in [0.1, 0.15) is 59.3 Å². The van der Waals surface area contributed by atoms with Crippen molar-refractivity contribution < 1.29 is 4.79 Å². The Morgan fingerprint density at radius 1 is 0.950 bits per heavy atom. The first kappa shape index (κ1) is 17.5. The topological polar surface area (TPSA) is 23.6 Å². The van der Waals surface area contributed by atoms with Crippen LogP contribution in [0.3, 0.4) is 0 Å². The second-order valence-electron chi connectivity index (χ2n) is 6.18. The van der Waals surface area contributed by atoms with Crippen LogP contribution in [-0.4, -0.2) is 48.9 Å². The van der Waals surface area contributed by atoms with Gasteiger partial charge in [-0.1, -0.05) is 27.2 Å². The molecule has 0 spiro atoms. The maximum Gasteiger partial charge on any atom is 0.222 e. The molecule has 3 nitrogen and oxygen atoms in total. The Bertz CT molecular complexity index is 264. The molecule has 2 fully saturated rings. The molecular formula is C17H34N2O. The van der Waals surface area contributed by atoms with E-state index in [1.165, 1.54) is 32.1 Å². The van der Waals surface area contributed by atoms with Crippen molar-refractivity contribution in [3.8, 4) is 0 Å². The van der Waals surface area contributed by atoms with E-state index in [4.69, 9.17) is 0 Å². The number of amides is 1. The molecule has 0 aliphatic carbocycles. The van der Waals surface area contributed by atoms with Gasteiger partial charge in [-0.15, -0.1) is 0 Å². The van der Waals surface area contributed by atoms with Crippen molar-refractivity contribution in [3.63, 3.8) is 0 Å². The Morgan fingerprint density at radius 3 is 1.95 bits per heavy atom. The van der Waals surface area contributed by atoms with Gasteiger partial charge in [-0.05, 0) is 57.7 Å². The third kappa shape index (κ3) is 5.43. The summed E-state index contributed by atoms with van der Waals surface area (Å²) in [7, 11) is 2.17. The molecular weight excluding hydrogens is 248 g/mol. The molecule has 0 radical (unpaired) electrons. The van der Waals surface area contributed by atoms with Crippen molar-refractivity contribution >= 4 is 5.91 Å². The van der Waals surface area contributed by atoms with Crippen LogP contribution in [0.5, 0.6) is 0 Å². The van der Waals surface area contributed by atoms with Gasteiger partial charge in [0.05, 0.1) is 0 Å². The van der Waals surface area contributed by atoms with Crippen molar-refractivity contribution in [1.29, 1.82) is 0 Å². The van der Waals surface area contributed by atoms with Gasteiger partial charge >= 0.3 is 0 Å². The Morgan fingerprint density at radius 2 is 1.45 bits per heavy atom. The maximum atomic E-state index is 12.3. The molecule has 20 heavy (non-hydrogen) atoms. The van der Waals surface area contributed by atoms with Gasteiger partial charge in [0.15, 0.2) is 0 Å². The molecule has 0 aromatic rings. The lowest BCUT2D eigenvalue weighted by atomic mass is 9.91. The molecule has 0 unspecified atom stereocenters. The van der Waals surface area contributed by atoms with Gasteiger partial charge < -0.3 is 9.80 Å². The summed E-state index contributed by atoms with van der Waals surface area (Å²) in [6.07, 6.45) is 6.91. The van der Waals surface area contributed by atoms with Crippen molar-refractivity contribution in [3.05, 3.63) is 0 Å². The van der Waals surface area contributed by atoms with Gasteiger partial charge in [-0.3, -0.25) is 4.79 Å². The van der Waals surface area contributed by atoms with E-state index in [1.807, 2.05) is 13.8 Å². The molecule has 2 rings (SSSR count). The first-order valence-electron chi connectivity index (χ1n) is 8.65. The van der Waals surface area contributed by atoms with Crippen LogP contribution in [0.15, 0.2) is 0 Å². The van der Waals surface area contributed by atoms with Crippen LogP contribution in [0.25, 0.3) is 0 Å². The molecule has 0 N–H and O–H groups in total. The highest BCUT2D eigenvalue weighted by molar-refractivity contribution is 5.76. The molecule has 3 heteroatoms. The second kappa shape index (κ2) is 9.38. The maximum absolute atomic E-state index is 12.3. The van der Waals surface area contributed by atoms with E-state index in [-0.39, 0.29) is 0 Å². The minimum atomic E-state index is 0.416. The van der Waals surface area contributed by atoms with E-state index in [0.717, 1.165) is 38.5 Å². The summed E-state index contributed by atoms with van der Waals surface area (Å²) in [6, 6.07) is 0. The summed E-state index contributed by atoms with van der Waals surface area (Å²) >= 11 is 0. The Kier molecular flexibility index (Phi) is 8.20. The fraction of sp³-hybridized carbons (Fsp3) is 0.941. The molecule has 0 saturated carbocycles. The molecule has 0 aromatic heterocycles. The highest BCUT2D eigenvalue weighted by Crippen LogP contribution is 2.24. The molecule has 2 aliphatic rings. The monoisotopic (exact) mass is 282 g/mol. The van der Waals surface area contributed by atoms with Crippen LogP contribution in [0, 0.1) is 11.8 Å². The number of carbonyl (C=O) groups excluding carboxylic acids is 1. The minimum Gasteiger partial charge on any atom is -0.343 e. The van der Waals surface area contributed by atoms with Gasteiger partial charge in [0.25, 0.3) is 0 Å². The zero-order valence-electron chi connectivity index (χ0n) is 14.0. The Labute approximate surface area is 125 Å². The van der Waals surface area contributed by atoms with E-state index in [2.05, 4.69) is 23.8 Å². The highest BCUT2D eigenvalue weighted by Gasteiger charge is 2.25. The number of carbonyl (C=O) groups is 1. The van der Waals surface area contributed by atoms with Gasteiger partial charge in [-0.2, -0.15) is 0 Å². The Balaban J connectivity index is 0.000000956. The average molecular weight is 282 g/mol. The molecule has 0 atom stereocenters. The number of piperidine rings is 2. The van der Waals surface area contributed by atoms with Crippen LogP contribution in [0.2, 0.25) is 0 Å². The van der Waals surface area contributed by atoms with Crippen molar-refractivity contribution in [2.24, 2.45) is 11.8 Å². The van der Waals surface area contributed by atoms with E-state index >= 15 is 0 Å². The van der Waals surface area contributed by atoms with E-state index < -0.39 is 0 Å². The largest absolute Gasteiger partial charge is 0.343 e. The zero-order chi connectivity index (χ0) is 15.0. The SMILES string of the molecule is CC.CCC1CCN(C(=O)CC2CCN(C)CC2)CC1. The molecule has 0 bridgehead atoms. The second-order valence-corrected chi connectivity index (χ2v) is 6.18. The standard InChI is InChI=1S/C15H28N2O.C2H6/c1-3-13-6-10-17(11-7-13)15(18)12-14-4-8-16(2)9-5-14;1-2/h13-14H,3-12H2,1-2H3;1-2H3. The fourth-order valence-corrected chi connectivity index (χ4v) is 3.23.